The molecule has 1 fully saturated rings. The smallest absolute Gasteiger partial charge is 0.270 e. The monoisotopic (exact) mass is 455 g/mol. The van der Waals surface area contributed by atoms with Gasteiger partial charge in [0.2, 0.25) is 5.89 Å². The Morgan fingerprint density at radius 1 is 1.09 bits per heavy atom. The second kappa shape index (κ2) is 9.40. The Bertz CT molecular complexity index is 1290. The minimum absolute atomic E-state index is 0.0369. The molecule has 1 aliphatic rings. The second-order valence-corrected chi connectivity index (χ2v) is 8.16. The highest BCUT2D eigenvalue weighted by Gasteiger charge is 2.23. The molecule has 1 atom stereocenters. The standard InChI is InChI=1S/C25H25N7O2/c1-2-19-15-32(13-12-27-19)25(33)18-10-8-16(9-11-18)20-14-28-22(26)21(29-20)24-31-30-23(34-24)17-6-4-3-5-7-17/h3-11,14,19,27H,2,12-13,15H2,1H3,(H2,26,28). The molecule has 2 aromatic heterocycles. The lowest BCUT2D eigenvalue weighted by molar-refractivity contribution is 0.0701. The van der Waals surface area contributed by atoms with E-state index in [1.54, 1.807) is 6.20 Å². The van der Waals surface area contributed by atoms with Gasteiger partial charge < -0.3 is 20.4 Å². The average Bonchev–Trinajstić information content (AvgIpc) is 3.39. The van der Waals surface area contributed by atoms with Crippen molar-refractivity contribution in [3.05, 3.63) is 66.4 Å². The number of carbonyl (C=O) groups is 1. The number of nitrogens with two attached hydrogens (primary N) is 1. The first-order valence-electron chi connectivity index (χ1n) is 11.3. The normalized spacial score (nSPS) is 15.9. The van der Waals surface area contributed by atoms with Crippen LogP contribution in [0.1, 0.15) is 23.7 Å². The third-order valence-electron chi connectivity index (χ3n) is 5.91. The van der Waals surface area contributed by atoms with E-state index >= 15 is 0 Å². The van der Waals surface area contributed by atoms with Gasteiger partial charge in [0.1, 0.15) is 0 Å². The summed E-state index contributed by atoms with van der Waals surface area (Å²) in [6, 6.07) is 17.2. The third kappa shape index (κ3) is 4.38. The molecule has 34 heavy (non-hydrogen) atoms. The van der Waals surface area contributed by atoms with Gasteiger partial charge in [0, 0.05) is 42.4 Å². The van der Waals surface area contributed by atoms with Crippen molar-refractivity contribution in [1.29, 1.82) is 0 Å². The van der Waals surface area contributed by atoms with E-state index in [2.05, 4.69) is 32.4 Å². The summed E-state index contributed by atoms with van der Waals surface area (Å²) in [4.78, 5) is 23.7. The van der Waals surface area contributed by atoms with Crippen LogP contribution in [0.3, 0.4) is 0 Å². The number of piperazine rings is 1. The van der Waals surface area contributed by atoms with Gasteiger partial charge in [0.15, 0.2) is 11.5 Å². The first kappa shape index (κ1) is 21.7. The quantitative estimate of drug-likeness (QED) is 0.470. The van der Waals surface area contributed by atoms with E-state index in [4.69, 9.17) is 10.2 Å². The van der Waals surface area contributed by atoms with Gasteiger partial charge in [-0.25, -0.2) is 9.97 Å². The first-order valence-corrected chi connectivity index (χ1v) is 11.3. The van der Waals surface area contributed by atoms with Crippen molar-refractivity contribution in [2.24, 2.45) is 0 Å². The van der Waals surface area contributed by atoms with Crippen LogP contribution in [0.15, 0.2) is 65.2 Å². The molecular weight excluding hydrogens is 430 g/mol. The Labute approximate surface area is 197 Å². The van der Waals surface area contributed by atoms with E-state index < -0.39 is 0 Å². The number of carbonyl (C=O) groups excluding carboxylic acids is 1. The highest BCUT2D eigenvalue weighted by Crippen LogP contribution is 2.28. The average molecular weight is 456 g/mol. The van der Waals surface area contributed by atoms with Crippen LogP contribution in [0.25, 0.3) is 34.3 Å². The Hall–Kier alpha value is -4.11. The minimum atomic E-state index is 0.0369. The number of aromatic nitrogens is 4. The molecule has 9 heteroatoms. The minimum Gasteiger partial charge on any atom is -0.414 e. The summed E-state index contributed by atoms with van der Waals surface area (Å²) >= 11 is 0. The lowest BCUT2D eigenvalue weighted by Crippen LogP contribution is -2.52. The molecule has 1 saturated heterocycles. The maximum atomic E-state index is 12.9. The van der Waals surface area contributed by atoms with Gasteiger partial charge in [-0.1, -0.05) is 37.3 Å². The number of rotatable bonds is 5. The highest BCUT2D eigenvalue weighted by molar-refractivity contribution is 5.94. The molecule has 4 aromatic rings. The molecule has 0 bridgehead atoms. The van der Waals surface area contributed by atoms with Gasteiger partial charge in [0.05, 0.1) is 11.9 Å². The molecule has 0 radical (unpaired) electrons. The molecule has 1 amide bonds. The van der Waals surface area contributed by atoms with E-state index in [0.717, 1.165) is 30.6 Å². The molecule has 3 heterocycles. The van der Waals surface area contributed by atoms with Crippen LogP contribution in [0.4, 0.5) is 5.82 Å². The molecular formula is C25H25N7O2. The van der Waals surface area contributed by atoms with Crippen molar-refractivity contribution < 1.29 is 9.21 Å². The number of nitrogens with zero attached hydrogens (tertiary/aromatic N) is 5. The number of anilines is 1. The maximum Gasteiger partial charge on any atom is 0.270 e. The molecule has 0 saturated carbocycles. The van der Waals surface area contributed by atoms with Gasteiger partial charge in [-0.15, -0.1) is 10.2 Å². The zero-order valence-electron chi connectivity index (χ0n) is 18.8. The summed E-state index contributed by atoms with van der Waals surface area (Å²) in [5.41, 5.74) is 9.23. The Balaban J connectivity index is 1.37. The molecule has 3 N–H and O–H groups in total. The highest BCUT2D eigenvalue weighted by atomic mass is 16.4. The lowest BCUT2D eigenvalue weighted by atomic mass is 10.1. The van der Waals surface area contributed by atoms with E-state index in [-0.39, 0.29) is 17.6 Å². The Morgan fingerprint density at radius 2 is 1.85 bits per heavy atom. The fourth-order valence-corrected chi connectivity index (χ4v) is 3.96. The number of hydrogen-bond donors (Lipinski definition) is 2. The summed E-state index contributed by atoms with van der Waals surface area (Å²) in [5.74, 6) is 0.808. The fraction of sp³-hybridized carbons (Fsp3) is 0.240. The first-order chi connectivity index (χ1) is 16.6. The molecule has 5 rings (SSSR count). The van der Waals surface area contributed by atoms with Gasteiger partial charge in [0.25, 0.3) is 11.8 Å². The summed E-state index contributed by atoms with van der Waals surface area (Å²) in [6.07, 6.45) is 2.58. The van der Waals surface area contributed by atoms with Gasteiger partial charge in [-0.3, -0.25) is 4.79 Å². The van der Waals surface area contributed by atoms with Crippen LogP contribution in [0.2, 0.25) is 0 Å². The molecule has 172 valence electrons. The van der Waals surface area contributed by atoms with Gasteiger partial charge in [-0.05, 0) is 30.7 Å². The van der Waals surface area contributed by atoms with Crippen molar-refractivity contribution in [2.75, 3.05) is 25.4 Å². The topological polar surface area (TPSA) is 123 Å². The maximum absolute atomic E-state index is 12.9. The van der Waals surface area contributed by atoms with Crippen LogP contribution in [-0.4, -0.2) is 56.6 Å². The van der Waals surface area contributed by atoms with Crippen LogP contribution >= 0.6 is 0 Å². The Morgan fingerprint density at radius 3 is 2.62 bits per heavy atom. The molecule has 2 aromatic carbocycles. The van der Waals surface area contributed by atoms with Gasteiger partial charge in [-0.2, -0.15) is 0 Å². The molecule has 1 unspecified atom stereocenters. The lowest BCUT2D eigenvalue weighted by Gasteiger charge is -2.33. The number of hydrogen-bond acceptors (Lipinski definition) is 8. The van der Waals surface area contributed by atoms with Crippen LogP contribution in [0, 0.1) is 0 Å². The van der Waals surface area contributed by atoms with E-state index in [1.807, 2.05) is 59.5 Å². The number of amides is 1. The molecule has 0 aliphatic carbocycles. The number of benzene rings is 2. The summed E-state index contributed by atoms with van der Waals surface area (Å²) in [7, 11) is 0. The van der Waals surface area contributed by atoms with E-state index in [0.29, 0.717) is 35.4 Å². The SMILES string of the molecule is CCC1CN(C(=O)c2ccc(-c3cnc(N)c(-c4nnc(-c5ccccc5)o4)n3)cc2)CCN1. The van der Waals surface area contributed by atoms with Crippen LogP contribution in [0.5, 0.6) is 0 Å². The predicted molar refractivity (Wildman–Crippen MR) is 129 cm³/mol. The predicted octanol–water partition coefficient (Wildman–Crippen LogP) is 3.27. The summed E-state index contributed by atoms with van der Waals surface area (Å²) in [6.45, 7) is 4.37. The third-order valence-corrected chi connectivity index (χ3v) is 5.91. The molecule has 0 spiro atoms. The van der Waals surface area contributed by atoms with Crippen molar-refractivity contribution in [2.45, 2.75) is 19.4 Å². The van der Waals surface area contributed by atoms with Crippen LogP contribution < -0.4 is 11.1 Å². The van der Waals surface area contributed by atoms with Gasteiger partial charge >= 0.3 is 0 Å². The largest absolute Gasteiger partial charge is 0.414 e. The van der Waals surface area contributed by atoms with Crippen molar-refractivity contribution in [3.8, 4) is 34.3 Å². The fourth-order valence-electron chi connectivity index (χ4n) is 3.96. The second-order valence-electron chi connectivity index (χ2n) is 8.16. The van der Waals surface area contributed by atoms with E-state index in [1.165, 1.54) is 0 Å². The van der Waals surface area contributed by atoms with Crippen molar-refractivity contribution in [3.63, 3.8) is 0 Å². The Kier molecular flexibility index (Phi) is 6.01. The zero-order chi connectivity index (χ0) is 23.5. The van der Waals surface area contributed by atoms with Crippen molar-refractivity contribution in [1.82, 2.24) is 30.4 Å². The van der Waals surface area contributed by atoms with Crippen LogP contribution in [-0.2, 0) is 0 Å². The van der Waals surface area contributed by atoms with E-state index in [9.17, 15) is 4.79 Å². The van der Waals surface area contributed by atoms with Crippen molar-refractivity contribution >= 4 is 11.7 Å². The molecule has 1 aliphatic heterocycles. The zero-order valence-corrected chi connectivity index (χ0v) is 18.8. The number of nitrogen functional groups attached to an aromatic ring is 1. The summed E-state index contributed by atoms with van der Waals surface area (Å²) < 4.78 is 5.80. The molecule has 9 nitrogen and oxygen atoms in total. The number of nitrogens with one attached hydrogen (secondary N) is 1. The summed E-state index contributed by atoms with van der Waals surface area (Å²) in [5, 5.41) is 11.6.